The van der Waals surface area contributed by atoms with E-state index in [1.807, 2.05) is 0 Å². The van der Waals surface area contributed by atoms with E-state index < -0.39 is 130 Å². The predicted octanol–water partition coefficient (Wildman–Crippen LogP) is 1.24. The molecular formula is C36H33O19+. The number of hydrogen-bond acceptors (Lipinski definition) is 18. The van der Waals surface area contributed by atoms with Gasteiger partial charge in [0.15, 0.2) is 40.6 Å². The SMILES string of the molecule is OCC1OC(Oc2cc3c(O)cc(O)c(C4c5c(O)cc(O)cc5OC(c5cc(O)c(O)c(O)c5)C4O)c3[o+]c2-c2cc(O)c(O)c(O)c2)C(O)C(O)C1O. The van der Waals surface area contributed by atoms with Gasteiger partial charge in [-0.05, 0) is 12.1 Å². The van der Waals surface area contributed by atoms with Crippen molar-refractivity contribution in [2.24, 2.45) is 0 Å². The lowest BCUT2D eigenvalue weighted by molar-refractivity contribution is -0.277. The number of aliphatic hydroxyl groups is 5. The molecule has 1 aromatic heterocycles. The highest BCUT2D eigenvalue weighted by Crippen LogP contribution is 2.56. The van der Waals surface area contributed by atoms with Crippen molar-refractivity contribution in [3.05, 3.63) is 65.2 Å². The van der Waals surface area contributed by atoms with Crippen LogP contribution in [0.25, 0.3) is 22.3 Å². The summed E-state index contributed by atoms with van der Waals surface area (Å²) in [6, 6.07) is 7.55. The Morgan fingerprint density at radius 2 is 1.20 bits per heavy atom. The third-order valence-corrected chi connectivity index (χ3v) is 9.49. The number of aromatic hydroxyl groups is 10. The van der Waals surface area contributed by atoms with Gasteiger partial charge in [0.1, 0.15) is 70.2 Å². The van der Waals surface area contributed by atoms with Gasteiger partial charge in [-0.1, -0.05) is 0 Å². The minimum Gasteiger partial charge on any atom is -0.508 e. The zero-order valence-electron chi connectivity index (χ0n) is 27.8. The fraction of sp³-hybridized carbons (Fsp3) is 0.250. The highest BCUT2D eigenvalue weighted by atomic mass is 16.7. The molecule has 19 nitrogen and oxygen atoms in total. The summed E-state index contributed by atoms with van der Waals surface area (Å²) in [7, 11) is 0. The van der Waals surface area contributed by atoms with Gasteiger partial charge in [-0.2, -0.15) is 0 Å². The summed E-state index contributed by atoms with van der Waals surface area (Å²) in [5, 5.41) is 158. The maximum atomic E-state index is 12.0. The summed E-state index contributed by atoms with van der Waals surface area (Å²) in [6.07, 6.45) is -12.4. The lowest BCUT2D eigenvalue weighted by atomic mass is 9.78. The van der Waals surface area contributed by atoms with Gasteiger partial charge in [-0.25, -0.2) is 4.42 Å². The largest absolute Gasteiger partial charge is 0.508 e. The van der Waals surface area contributed by atoms with Gasteiger partial charge in [0, 0.05) is 47.5 Å². The number of phenolic OH excluding ortho intramolecular Hbond substituents is 10. The van der Waals surface area contributed by atoms with Crippen molar-refractivity contribution < 1.29 is 95.2 Å². The molecule has 0 amide bonds. The highest BCUT2D eigenvalue weighted by molar-refractivity contribution is 5.92. The maximum Gasteiger partial charge on any atom is 0.402 e. The summed E-state index contributed by atoms with van der Waals surface area (Å²) in [5.74, 6) is -10.7. The van der Waals surface area contributed by atoms with Gasteiger partial charge < -0.3 is 90.8 Å². The van der Waals surface area contributed by atoms with Gasteiger partial charge in [0.2, 0.25) is 12.0 Å². The molecule has 0 bridgehead atoms. The molecule has 8 atom stereocenters. The Labute approximate surface area is 307 Å². The van der Waals surface area contributed by atoms with E-state index in [1.165, 1.54) is 0 Å². The number of phenols is 10. The minimum absolute atomic E-state index is 0.135. The third kappa shape index (κ3) is 6.09. The second-order valence-corrected chi connectivity index (χ2v) is 13.0. The van der Waals surface area contributed by atoms with Gasteiger partial charge in [0.25, 0.3) is 0 Å². The minimum atomic E-state index is -1.96. The van der Waals surface area contributed by atoms with Crippen LogP contribution in [0.2, 0.25) is 0 Å². The lowest BCUT2D eigenvalue weighted by Gasteiger charge is -2.39. The molecule has 7 rings (SSSR count). The Kier molecular flexibility index (Phi) is 9.08. The number of hydrogen-bond donors (Lipinski definition) is 15. The summed E-state index contributed by atoms with van der Waals surface area (Å²) in [4.78, 5) is 0. The molecular weight excluding hydrogens is 736 g/mol. The van der Waals surface area contributed by atoms with E-state index >= 15 is 0 Å². The summed E-state index contributed by atoms with van der Waals surface area (Å²) >= 11 is 0. The van der Waals surface area contributed by atoms with E-state index in [0.717, 1.165) is 48.5 Å². The van der Waals surface area contributed by atoms with Crippen molar-refractivity contribution in [2.45, 2.75) is 48.8 Å². The molecule has 55 heavy (non-hydrogen) atoms. The van der Waals surface area contributed by atoms with Crippen molar-refractivity contribution in [2.75, 3.05) is 6.61 Å². The first-order valence-corrected chi connectivity index (χ1v) is 16.2. The predicted molar refractivity (Wildman–Crippen MR) is 181 cm³/mol. The van der Waals surface area contributed by atoms with Crippen molar-refractivity contribution in [1.29, 1.82) is 0 Å². The zero-order valence-corrected chi connectivity index (χ0v) is 27.8. The average molecular weight is 770 g/mol. The van der Waals surface area contributed by atoms with E-state index in [2.05, 4.69) is 0 Å². The van der Waals surface area contributed by atoms with Crippen LogP contribution in [0, 0.1) is 0 Å². The zero-order chi connectivity index (χ0) is 39.8. The second kappa shape index (κ2) is 13.5. The van der Waals surface area contributed by atoms with Crippen LogP contribution in [0.4, 0.5) is 0 Å². The average Bonchev–Trinajstić information content (AvgIpc) is 3.13. The molecule has 3 heterocycles. The first kappa shape index (κ1) is 37.0. The molecule has 1 saturated heterocycles. The molecule has 19 heteroatoms. The molecule has 0 spiro atoms. The Balaban J connectivity index is 1.49. The molecule has 290 valence electrons. The van der Waals surface area contributed by atoms with Gasteiger partial charge in [-0.3, -0.25) is 0 Å². The number of benzene rings is 4. The molecule has 1 fully saturated rings. The maximum absolute atomic E-state index is 12.0. The van der Waals surface area contributed by atoms with Crippen molar-refractivity contribution >= 4 is 11.0 Å². The highest BCUT2D eigenvalue weighted by Gasteiger charge is 2.48. The van der Waals surface area contributed by atoms with Gasteiger partial charge in [0.05, 0.1) is 18.1 Å². The number of ether oxygens (including phenoxy) is 3. The molecule has 4 aromatic carbocycles. The van der Waals surface area contributed by atoms with Crippen LogP contribution in [0.15, 0.2) is 52.9 Å². The topological polar surface area (TPSA) is 342 Å². The van der Waals surface area contributed by atoms with Crippen LogP contribution >= 0.6 is 0 Å². The van der Waals surface area contributed by atoms with E-state index in [-0.39, 0.29) is 33.4 Å². The van der Waals surface area contributed by atoms with E-state index in [1.54, 1.807) is 0 Å². The molecule has 15 N–H and O–H groups in total. The summed E-state index contributed by atoms with van der Waals surface area (Å²) in [5.41, 5.74) is -1.49. The van der Waals surface area contributed by atoms with Crippen LogP contribution in [-0.4, -0.2) is 120 Å². The molecule has 0 saturated carbocycles. The smallest absolute Gasteiger partial charge is 0.402 e. The lowest BCUT2D eigenvalue weighted by Crippen LogP contribution is -2.60. The second-order valence-electron chi connectivity index (χ2n) is 13.0. The molecule has 8 unspecified atom stereocenters. The van der Waals surface area contributed by atoms with Crippen LogP contribution in [0.3, 0.4) is 0 Å². The van der Waals surface area contributed by atoms with Crippen molar-refractivity contribution in [3.63, 3.8) is 0 Å². The first-order chi connectivity index (χ1) is 26.0. The Bertz CT molecular complexity index is 2280. The van der Waals surface area contributed by atoms with Crippen molar-refractivity contribution in [1.82, 2.24) is 0 Å². The standard InChI is InChI=1S/C36H32O19/c37-9-23-29(48)31(50)32(51)36(54-23)53-22-7-13-14(39)8-16(41)25(35(13)55-33(22)10-1-17(42)27(46)18(43)2-10)26-24-15(40)5-12(38)6-21(24)52-34(30(26)49)11-3-19(44)28(47)20(45)4-11/h1-8,23,26,29-32,34,36-37,48-51H,9H2,(H9-,38,39,40,41,42,43,44,45,46,47)/p+1. The molecule has 0 radical (unpaired) electrons. The van der Waals surface area contributed by atoms with E-state index in [0.29, 0.717) is 0 Å². The fourth-order valence-electron chi connectivity index (χ4n) is 6.81. The fourth-order valence-corrected chi connectivity index (χ4v) is 6.81. The Morgan fingerprint density at radius 1 is 0.600 bits per heavy atom. The van der Waals surface area contributed by atoms with Crippen molar-refractivity contribution in [3.8, 4) is 80.3 Å². The first-order valence-electron chi connectivity index (χ1n) is 16.2. The Hall–Kier alpha value is -6.35. The van der Waals surface area contributed by atoms with E-state index in [9.17, 15) is 76.6 Å². The van der Waals surface area contributed by atoms with Crippen LogP contribution in [0.1, 0.15) is 28.7 Å². The van der Waals surface area contributed by atoms with Crippen LogP contribution in [-0.2, 0) is 4.74 Å². The number of fused-ring (bicyclic) bond motifs is 2. The Morgan fingerprint density at radius 3 is 1.82 bits per heavy atom. The van der Waals surface area contributed by atoms with E-state index in [4.69, 9.17) is 18.6 Å². The van der Waals surface area contributed by atoms with Gasteiger partial charge in [-0.15, -0.1) is 0 Å². The normalized spacial score (nSPS) is 25.0. The third-order valence-electron chi connectivity index (χ3n) is 9.49. The quantitative estimate of drug-likeness (QED) is 0.0853. The summed E-state index contributed by atoms with van der Waals surface area (Å²) < 4.78 is 23.5. The van der Waals surface area contributed by atoms with Crippen LogP contribution in [0.5, 0.6) is 69.0 Å². The molecule has 2 aliphatic rings. The van der Waals surface area contributed by atoms with Gasteiger partial charge >= 0.3 is 11.3 Å². The van der Waals surface area contributed by atoms with Crippen LogP contribution < -0.4 is 9.47 Å². The molecule has 0 aliphatic carbocycles. The molecule has 2 aliphatic heterocycles. The monoisotopic (exact) mass is 769 g/mol. The number of rotatable bonds is 6. The summed E-state index contributed by atoms with van der Waals surface area (Å²) in [6.45, 7) is -0.827. The molecule has 5 aromatic rings. The number of aliphatic hydroxyl groups excluding tert-OH is 5.